The molecule has 1 aliphatic rings. The number of aryl methyl sites for hydroxylation is 2. The van der Waals surface area contributed by atoms with Crippen LogP contribution in [0.4, 0.5) is 0 Å². The summed E-state index contributed by atoms with van der Waals surface area (Å²) in [6.45, 7) is 4.29. The molecule has 0 radical (unpaired) electrons. The zero-order valence-corrected chi connectivity index (χ0v) is 19.7. The summed E-state index contributed by atoms with van der Waals surface area (Å²) in [4.78, 5) is 33.0. The fraction of sp³-hybridized carbons (Fsp3) is 0.320. The minimum absolute atomic E-state index is 0.130. The number of carbonyl (C=O) groups is 2. The maximum atomic E-state index is 13.2. The summed E-state index contributed by atoms with van der Waals surface area (Å²) in [6.07, 6.45) is -0.513. The van der Waals surface area contributed by atoms with Crippen molar-refractivity contribution in [1.29, 1.82) is 0 Å². The second kappa shape index (κ2) is 9.72. The highest BCUT2D eigenvalue weighted by molar-refractivity contribution is 7.13. The van der Waals surface area contributed by atoms with Gasteiger partial charge in [-0.1, -0.05) is 24.3 Å². The van der Waals surface area contributed by atoms with Gasteiger partial charge in [0, 0.05) is 25.1 Å². The number of aromatic nitrogens is 1. The van der Waals surface area contributed by atoms with E-state index in [1.54, 1.807) is 36.6 Å². The number of nitrogens with one attached hydrogen (secondary N) is 1. The van der Waals surface area contributed by atoms with Crippen molar-refractivity contribution in [3.05, 3.63) is 70.4 Å². The molecule has 0 saturated carbocycles. The molecule has 2 heterocycles. The van der Waals surface area contributed by atoms with E-state index < -0.39 is 12.1 Å². The van der Waals surface area contributed by atoms with Crippen molar-refractivity contribution in [3.8, 4) is 16.2 Å². The molecule has 1 aromatic heterocycles. The van der Waals surface area contributed by atoms with Crippen LogP contribution in [0.15, 0.2) is 48.0 Å². The van der Waals surface area contributed by atoms with E-state index in [2.05, 4.69) is 10.3 Å². The van der Waals surface area contributed by atoms with Crippen LogP contribution in [0.3, 0.4) is 0 Å². The second-order valence-electron chi connectivity index (χ2n) is 8.23. The van der Waals surface area contributed by atoms with Crippen LogP contribution in [0.1, 0.15) is 33.6 Å². The number of β-amino-alcohol motifs (C(OH)–C–C–N with tert-alkyl or cyclic N) is 1. The molecule has 2 atom stereocenters. The molecular weight excluding hydrogens is 438 g/mol. The minimum atomic E-state index is -0.731. The van der Waals surface area contributed by atoms with E-state index in [-0.39, 0.29) is 24.8 Å². The monoisotopic (exact) mass is 465 g/mol. The lowest BCUT2D eigenvalue weighted by molar-refractivity contribution is -0.125. The largest absolute Gasteiger partial charge is 0.497 e. The molecule has 3 aromatic rings. The molecule has 172 valence electrons. The average Bonchev–Trinajstić information content (AvgIpc) is 3.42. The van der Waals surface area contributed by atoms with Crippen LogP contribution in [-0.4, -0.2) is 52.6 Å². The Balaban J connectivity index is 1.42. The number of amides is 2. The molecule has 8 heteroatoms. The number of aliphatic hydroxyl groups is 1. The fourth-order valence-electron chi connectivity index (χ4n) is 4.10. The number of methoxy groups -OCH3 is 1. The molecule has 0 aliphatic carbocycles. The van der Waals surface area contributed by atoms with E-state index >= 15 is 0 Å². The van der Waals surface area contributed by atoms with Gasteiger partial charge in [-0.15, -0.1) is 11.3 Å². The highest BCUT2D eigenvalue weighted by atomic mass is 32.1. The number of likely N-dealkylation sites (tertiary alicyclic amines) is 1. The summed E-state index contributed by atoms with van der Waals surface area (Å²) < 4.78 is 5.21. The van der Waals surface area contributed by atoms with Crippen LogP contribution in [-0.2, 0) is 11.3 Å². The fourth-order valence-corrected chi connectivity index (χ4v) is 4.92. The second-order valence-corrected chi connectivity index (χ2v) is 9.08. The van der Waals surface area contributed by atoms with Gasteiger partial charge in [-0.25, -0.2) is 4.98 Å². The molecular formula is C25H27N3O4S. The minimum Gasteiger partial charge on any atom is -0.497 e. The summed E-state index contributed by atoms with van der Waals surface area (Å²) in [5, 5.41) is 13.1. The number of hydrogen-bond donors (Lipinski definition) is 2. The first-order valence-electron chi connectivity index (χ1n) is 10.8. The molecule has 1 saturated heterocycles. The first kappa shape index (κ1) is 22.9. The van der Waals surface area contributed by atoms with Crippen molar-refractivity contribution in [1.82, 2.24) is 15.2 Å². The number of thiazole rings is 1. The van der Waals surface area contributed by atoms with Gasteiger partial charge < -0.3 is 20.1 Å². The maximum absolute atomic E-state index is 13.2. The summed E-state index contributed by atoms with van der Waals surface area (Å²) in [5.41, 5.74) is 6.13. The van der Waals surface area contributed by atoms with Gasteiger partial charge in [0.15, 0.2) is 0 Å². The molecule has 2 aromatic carbocycles. The summed E-state index contributed by atoms with van der Waals surface area (Å²) >= 11 is 1.60. The Morgan fingerprint density at radius 1 is 1.21 bits per heavy atom. The van der Waals surface area contributed by atoms with Gasteiger partial charge in [0.05, 0.1) is 29.3 Å². The molecule has 0 bridgehead atoms. The molecule has 2 N–H and O–H groups in total. The lowest BCUT2D eigenvalue weighted by Gasteiger charge is -2.24. The molecule has 1 fully saturated rings. The summed E-state index contributed by atoms with van der Waals surface area (Å²) in [6, 6.07) is 12.5. The van der Waals surface area contributed by atoms with Crippen LogP contribution in [0.25, 0.3) is 10.4 Å². The lowest BCUT2D eigenvalue weighted by Crippen LogP contribution is -2.45. The predicted molar refractivity (Wildman–Crippen MR) is 127 cm³/mol. The summed E-state index contributed by atoms with van der Waals surface area (Å²) in [7, 11) is 1.57. The SMILES string of the molecule is COc1ccc(C(=O)N2CC(O)C[C@H]2C(=O)NCc2ccc(-c3scnc3C)cc2)c(C)c1. The van der Waals surface area contributed by atoms with Crippen molar-refractivity contribution >= 4 is 23.2 Å². The Hall–Kier alpha value is -3.23. The number of nitrogens with zero attached hydrogens (tertiary/aromatic N) is 2. The van der Waals surface area contributed by atoms with E-state index in [1.165, 1.54) is 4.90 Å². The van der Waals surface area contributed by atoms with Crippen molar-refractivity contribution in [2.75, 3.05) is 13.7 Å². The third-order valence-corrected chi connectivity index (χ3v) is 6.91. The topological polar surface area (TPSA) is 91.8 Å². The van der Waals surface area contributed by atoms with Crippen molar-refractivity contribution in [2.24, 2.45) is 0 Å². The average molecular weight is 466 g/mol. The maximum Gasteiger partial charge on any atom is 0.254 e. The normalized spacial score (nSPS) is 17.8. The smallest absolute Gasteiger partial charge is 0.254 e. The van der Waals surface area contributed by atoms with Crippen LogP contribution in [0, 0.1) is 13.8 Å². The number of carbonyl (C=O) groups excluding carboxylic acids is 2. The number of rotatable bonds is 6. The number of benzene rings is 2. The van der Waals surface area contributed by atoms with Crippen molar-refractivity contribution in [3.63, 3.8) is 0 Å². The van der Waals surface area contributed by atoms with Crippen LogP contribution < -0.4 is 10.1 Å². The zero-order valence-electron chi connectivity index (χ0n) is 18.9. The van der Waals surface area contributed by atoms with Gasteiger partial charge in [-0.05, 0) is 48.7 Å². The van der Waals surface area contributed by atoms with Crippen molar-refractivity contribution in [2.45, 2.75) is 39.0 Å². The first-order valence-corrected chi connectivity index (χ1v) is 11.7. The van der Waals surface area contributed by atoms with Crippen molar-refractivity contribution < 1.29 is 19.4 Å². The Bertz CT molecular complexity index is 1160. The Labute approximate surface area is 197 Å². The zero-order chi connectivity index (χ0) is 23.5. The van der Waals surface area contributed by atoms with Crippen LogP contribution >= 0.6 is 11.3 Å². The highest BCUT2D eigenvalue weighted by Gasteiger charge is 2.39. The van der Waals surface area contributed by atoms with Crippen LogP contribution in [0.2, 0.25) is 0 Å². The molecule has 1 aliphatic heterocycles. The van der Waals surface area contributed by atoms with Gasteiger partial charge in [-0.3, -0.25) is 9.59 Å². The molecule has 0 spiro atoms. The third-order valence-electron chi connectivity index (χ3n) is 5.93. The predicted octanol–water partition coefficient (Wildman–Crippen LogP) is 3.33. The standard InChI is InChI=1S/C25H27N3O4S/c1-15-10-20(32-3)8-9-21(15)25(31)28-13-19(29)11-22(28)24(30)26-12-17-4-6-18(7-5-17)23-16(2)27-14-33-23/h4-10,14,19,22,29H,11-13H2,1-3H3,(H,26,30)/t19?,22-/m0/s1. The number of ether oxygens (including phenoxy) is 1. The molecule has 1 unspecified atom stereocenters. The summed E-state index contributed by atoms with van der Waals surface area (Å²) in [5.74, 6) is 0.126. The van der Waals surface area contributed by atoms with Gasteiger partial charge in [0.1, 0.15) is 11.8 Å². The number of aliphatic hydroxyl groups excluding tert-OH is 1. The lowest BCUT2D eigenvalue weighted by atomic mass is 10.1. The van der Waals surface area contributed by atoms with Gasteiger partial charge in [0.2, 0.25) is 5.91 Å². The molecule has 33 heavy (non-hydrogen) atoms. The van der Waals surface area contributed by atoms with E-state index in [0.29, 0.717) is 17.9 Å². The quantitative estimate of drug-likeness (QED) is 0.583. The molecule has 2 amide bonds. The van der Waals surface area contributed by atoms with E-state index in [0.717, 1.165) is 27.3 Å². The Morgan fingerprint density at radius 2 is 1.97 bits per heavy atom. The number of hydrogen-bond acceptors (Lipinski definition) is 6. The van der Waals surface area contributed by atoms with Crippen LogP contribution in [0.5, 0.6) is 5.75 Å². The van der Waals surface area contributed by atoms with E-state index in [9.17, 15) is 14.7 Å². The Kier molecular flexibility index (Phi) is 6.76. The third kappa shape index (κ3) is 4.91. The Morgan fingerprint density at radius 3 is 2.61 bits per heavy atom. The highest BCUT2D eigenvalue weighted by Crippen LogP contribution is 2.27. The van der Waals surface area contributed by atoms with Gasteiger partial charge in [0.25, 0.3) is 5.91 Å². The van der Waals surface area contributed by atoms with E-state index in [1.807, 2.05) is 43.6 Å². The first-order chi connectivity index (χ1) is 15.9. The van der Waals surface area contributed by atoms with Gasteiger partial charge >= 0.3 is 0 Å². The van der Waals surface area contributed by atoms with Gasteiger partial charge in [-0.2, -0.15) is 0 Å². The van der Waals surface area contributed by atoms with E-state index in [4.69, 9.17) is 4.74 Å². The molecule has 7 nitrogen and oxygen atoms in total. The molecule has 4 rings (SSSR count).